The molecule has 6 atom stereocenters. The third-order valence-electron chi connectivity index (χ3n) is 8.52. The highest BCUT2D eigenvalue weighted by atomic mass is 16.3. The molecular formula is C20H30O2. The Balaban J connectivity index is 1.70. The van der Waals surface area contributed by atoms with Gasteiger partial charge in [0.25, 0.3) is 0 Å². The Hall–Kier alpha value is -0.630. The zero-order valence-corrected chi connectivity index (χ0v) is 14.3. The van der Waals surface area contributed by atoms with Crippen LogP contribution in [0, 0.1) is 28.6 Å². The standard InChI is InChI=1S/C20H30O2/c1-18-9-6-14(21)12-13(18)4-5-15-16(18)7-10-19(2)17(15)8-11-20(19,3)22/h12,15-17,22H,4-11H2,1-3H3/t15-,16-,17+,18+,19-,20-/m0/s1. The van der Waals surface area contributed by atoms with Crippen molar-refractivity contribution >= 4 is 5.78 Å². The molecule has 3 fully saturated rings. The monoisotopic (exact) mass is 302 g/mol. The van der Waals surface area contributed by atoms with Crippen molar-refractivity contribution in [3.8, 4) is 0 Å². The van der Waals surface area contributed by atoms with Gasteiger partial charge in [-0.25, -0.2) is 0 Å². The second kappa shape index (κ2) is 4.47. The van der Waals surface area contributed by atoms with Crippen LogP contribution in [-0.4, -0.2) is 16.5 Å². The van der Waals surface area contributed by atoms with Crippen LogP contribution in [0.25, 0.3) is 0 Å². The predicted molar refractivity (Wildman–Crippen MR) is 87.3 cm³/mol. The summed E-state index contributed by atoms with van der Waals surface area (Å²) in [6, 6.07) is 0. The fourth-order valence-electron chi connectivity index (χ4n) is 6.80. The fourth-order valence-corrected chi connectivity index (χ4v) is 6.80. The van der Waals surface area contributed by atoms with Gasteiger partial charge >= 0.3 is 0 Å². The maximum Gasteiger partial charge on any atom is 0.155 e. The van der Waals surface area contributed by atoms with Gasteiger partial charge in [-0.3, -0.25) is 4.79 Å². The van der Waals surface area contributed by atoms with E-state index < -0.39 is 5.60 Å². The molecule has 4 aliphatic carbocycles. The van der Waals surface area contributed by atoms with Crippen LogP contribution in [0.3, 0.4) is 0 Å². The van der Waals surface area contributed by atoms with Crippen LogP contribution < -0.4 is 0 Å². The molecule has 4 aliphatic rings. The highest BCUT2D eigenvalue weighted by Gasteiger charge is 2.62. The van der Waals surface area contributed by atoms with E-state index in [4.69, 9.17) is 0 Å². The van der Waals surface area contributed by atoms with Crippen LogP contribution >= 0.6 is 0 Å². The first kappa shape index (κ1) is 14.9. The molecule has 1 N–H and O–H groups in total. The molecule has 0 amide bonds. The van der Waals surface area contributed by atoms with Crippen molar-refractivity contribution < 1.29 is 9.90 Å². The quantitative estimate of drug-likeness (QED) is 0.725. The van der Waals surface area contributed by atoms with Crippen molar-refractivity contribution in [2.45, 2.75) is 77.7 Å². The summed E-state index contributed by atoms with van der Waals surface area (Å²) < 4.78 is 0. The second-order valence-electron chi connectivity index (χ2n) is 9.24. The van der Waals surface area contributed by atoms with Gasteiger partial charge in [0.15, 0.2) is 5.78 Å². The topological polar surface area (TPSA) is 37.3 Å². The van der Waals surface area contributed by atoms with Gasteiger partial charge in [0, 0.05) is 6.42 Å². The van der Waals surface area contributed by atoms with Crippen LogP contribution in [-0.2, 0) is 4.79 Å². The van der Waals surface area contributed by atoms with Crippen LogP contribution in [0.15, 0.2) is 11.6 Å². The first-order chi connectivity index (χ1) is 10.3. The average molecular weight is 302 g/mol. The molecule has 0 radical (unpaired) electrons. The van der Waals surface area contributed by atoms with Crippen molar-refractivity contribution in [3.05, 3.63) is 11.6 Å². The lowest BCUT2D eigenvalue weighted by molar-refractivity contribution is -0.124. The highest BCUT2D eigenvalue weighted by Crippen LogP contribution is 2.67. The molecule has 22 heavy (non-hydrogen) atoms. The number of carbonyl (C=O) groups is 1. The van der Waals surface area contributed by atoms with E-state index in [2.05, 4.69) is 20.8 Å². The van der Waals surface area contributed by atoms with Crippen LogP contribution in [0.2, 0.25) is 0 Å². The van der Waals surface area contributed by atoms with Crippen molar-refractivity contribution in [1.29, 1.82) is 0 Å². The van der Waals surface area contributed by atoms with E-state index in [0.29, 0.717) is 11.7 Å². The van der Waals surface area contributed by atoms with Crippen LogP contribution in [0.1, 0.15) is 72.1 Å². The van der Waals surface area contributed by atoms with E-state index in [1.54, 1.807) is 0 Å². The minimum Gasteiger partial charge on any atom is -0.390 e. The summed E-state index contributed by atoms with van der Waals surface area (Å²) in [5.74, 6) is 2.50. The number of ketones is 1. The number of hydrogen-bond donors (Lipinski definition) is 1. The summed E-state index contributed by atoms with van der Waals surface area (Å²) in [5.41, 5.74) is 1.32. The third-order valence-corrected chi connectivity index (χ3v) is 8.52. The van der Waals surface area contributed by atoms with E-state index >= 15 is 0 Å². The van der Waals surface area contributed by atoms with Crippen molar-refractivity contribution in [1.82, 2.24) is 0 Å². The van der Waals surface area contributed by atoms with Crippen LogP contribution in [0.5, 0.6) is 0 Å². The second-order valence-corrected chi connectivity index (χ2v) is 9.24. The molecule has 0 aromatic carbocycles. The van der Waals surface area contributed by atoms with Gasteiger partial charge in [0.05, 0.1) is 5.60 Å². The maximum absolute atomic E-state index is 11.8. The molecular weight excluding hydrogens is 272 g/mol. The number of hydrogen-bond acceptors (Lipinski definition) is 2. The molecule has 0 aliphatic heterocycles. The Morgan fingerprint density at radius 3 is 2.50 bits per heavy atom. The van der Waals surface area contributed by atoms with Gasteiger partial charge in [-0.15, -0.1) is 0 Å². The minimum absolute atomic E-state index is 0.107. The third kappa shape index (κ3) is 1.74. The molecule has 2 nitrogen and oxygen atoms in total. The number of rotatable bonds is 0. The maximum atomic E-state index is 11.8. The lowest BCUT2D eigenvalue weighted by Crippen LogP contribution is -2.53. The molecule has 122 valence electrons. The Morgan fingerprint density at radius 1 is 1.00 bits per heavy atom. The largest absolute Gasteiger partial charge is 0.390 e. The van der Waals surface area contributed by atoms with Gasteiger partial charge in [-0.2, -0.15) is 0 Å². The summed E-state index contributed by atoms with van der Waals surface area (Å²) in [4.78, 5) is 11.8. The van der Waals surface area contributed by atoms with Gasteiger partial charge in [0.1, 0.15) is 0 Å². The van der Waals surface area contributed by atoms with Crippen molar-refractivity contribution in [3.63, 3.8) is 0 Å². The summed E-state index contributed by atoms with van der Waals surface area (Å²) >= 11 is 0. The smallest absolute Gasteiger partial charge is 0.155 e. The Kier molecular flexibility index (Phi) is 3.03. The predicted octanol–water partition coefficient (Wildman–Crippen LogP) is 4.27. The molecule has 0 spiro atoms. The molecule has 3 saturated carbocycles. The zero-order valence-electron chi connectivity index (χ0n) is 14.3. The van der Waals surface area contributed by atoms with E-state index in [9.17, 15) is 9.90 Å². The normalized spacial score (nSPS) is 54.3. The van der Waals surface area contributed by atoms with Crippen molar-refractivity contribution in [2.24, 2.45) is 28.6 Å². The van der Waals surface area contributed by atoms with E-state index in [0.717, 1.165) is 43.9 Å². The number of allylic oxidation sites excluding steroid dienone is 1. The molecule has 0 saturated heterocycles. The van der Waals surface area contributed by atoms with Crippen LogP contribution in [0.4, 0.5) is 0 Å². The first-order valence-electron chi connectivity index (χ1n) is 9.24. The van der Waals surface area contributed by atoms with Gasteiger partial charge in [-0.05, 0) is 86.5 Å². The van der Waals surface area contributed by atoms with E-state index in [1.807, 2.05) is 6.08 Å². The van der Waals surface area contributed by atoms with E-state index in [1.165, 1.54) is 24.8 Å². The summed E-state index contributed by atoms with van der Waals surface area (Å²) in [6.45, 7) is 6.85. The highest BCUT2D eigenvalue weighted by molar-refractivity contribution is 5.91. The summed E-state index contributed by atoms with van der Waals surface area (Å²) in [7, 11) is 0. The Labute approximate surface area is 134 Å². The molecule has 2 heteroatoms. The number of aliphatic hydroxyl groups is 1. The van der Waals surface area contributed by atoms with Gasteiger partial charge in [0.2, 0.25) is 0 Å². The average Bonchev–Trinajstić information content (AvgIpc) is 2.70. The SMILES string of the molecule is C[C@]1(O)CC[C@@H]2[C@H]3CCC4=CC(=O)CC[C@@]4(C)[C@H]3CC[C@@]21C. The number of fused-ring (bicyclic) bond motifs is 5. The Morgan fingerprint density at radius 2 is 1.73 bits per heavy atom. The van der Waals surface area contributed by atoms with Gasteiger partial charge < -0.3 is 5.11 Å². The molecule has 0 heterocycles. The molecule has 0 aromatic heterocycles. The summed E-state index contributed by atoms with van der Waals surface area (Å²) in [5, 5.41) is 10.9. The zero-order chi connectivity index (χ0) is 15.8. The fraction of sp³-hybridized carbons (Fsp3) is 0.850. The first-order valence-corrected chi connectivity index (χ1v) is 9.24. The van der Waals surface area contributed by atoms with Crippen molar-refractivity contribution in [2.75, 3.05) is 0 Å². The summed E-state index contributed by atoms with van der Waals surface area (Å²) in [6.07, 6.45) is 10.7. The molecule has 0 aromatic rings. The Bertz CT molecular complexity index is 546. The molecule has 0 unspecified atom stereocenters. The van der Waals surface area contributed by atoms with E-state index in [-0.39, 0.29) is 10.8 Å². The minimum atomic E-state index is -0.484. The lowest BCUT2D eigenvalue weighted by Gasteiger charge is -2.58. The lowest BCUT2D eigenvalue weighted by atomic mass is 9.46. The van der Waals surface area contributed by atoms with Gasteiger partial charge in [-0.1, -0.05) is 19.4 Å². The molecule has 4 rings (SSSR count). The molecule has 0 bridgehead atoms. The number of carbonyl (C=O) groups excluding carboxylic acids is 1.